The molecule has 1 aromatic carbocycles. The quantitative estimate of drug-likeness (QED) is 0.408. The van der Waals surface area contributed by atoms with E-state index in [0.29, 0.717) is 24.3 Å². The molecule has 1 aliphatic carbocycles. The molecular formula is C22H26N4O3S. The van der Waals surface area contributed by atoms with Crippen LogP contribution in [0.3, 0.4) is 0 Å². The van der Waals surface area contributed by atoms with Gasteiger partial charge in [-0.2, -0.15) is 5.10 Å². The van der Waals surface area contributed by atoms with Crippen molar-refractivity contribution < 1.29 is 14.6 Å². The monoisotopic (exact) mass is 426 g/mol. The summed E-state index contributed by atoms with van der Waals surface area (Å²) < 4.78 is 12.2. The Morgan fingerprint density at radius 3 is 2.87 bits per heavy atom. The fourth-order valence-electron chi connectivity index (χ4n) is 3.67. The Bertz CT molecular complexity index is 1040. The van der Waals surface area contributed by atoms with Crippen molar-refractivity contribution >= 4 is 33.6 Å². The summed E-state index contributed by atoms with van der Waals surface area (Å²) in [7, 11) is 1.52. The molecule has 0 aliphatic heterocycles. The van der Waals surface area contributed by atoms with Gasteiger partial charge in [-0.15, -0.1) is 11.3 Å². The van der Waals surface area contributed by atoms with Crippen LogP contribution in [0.25, 0.3) is 10.2 Å². The number of aromatic nitrogens is 2. The zero-order valence-corrected chi connectivity index (χ0v) is 18.0. The summed E-state index contributed by atoms with van der Waals surface area (Å²) in [5.74, 6) is 1.16. The maximum Gasteiger partial charge on any atom is 0.167 e. The first-order chi connectivity index (χ1) is 14.7. The maximum atomic E-state index is 9.89. The summed E-state index contributed by atoms with van der Waals surface area (Å²) in [6, 6.07) is 5.10. The molecule has 158 valence electrons. The topological polar surface area (TPSA) is 88.9 Å². The van der Waals surface area contributed by atoms with E-state index < -0.39 is 0 Å². The van der Waals surface area contributed by atoms with Gasteiger partial charge in [-0.05, 0) is 49.1 Å². The molecule has 0 amide bonds. The number of nitrogens with one attached hydrogen (secondary N) is 1. The van der Waals surface area contributed by atoms with Crippen LogP contribution in [0.4, 0.5) is 5.82 Å². The Kier molecular flexibility index (Phi) is 6.44. The fraction of sp³-hybridized carbons (Fsp3) is 0.409. The Labute approximate surface area is 179 Å². The number of hydrazone groups is 1. The van der Waals surface area contributed by atoms with Gasteiger partial charge in [0.15, 0.2) is 17.3 Å². The molecule has 3 aromatic rings. The highest BCUT2D eigenvalue weighted by Gasteiger charge is 2.17. The number of hydrogen-bond acceptors (Lipinski definition) is 8. The number of aryl methyl sites for hydroxylation is 1. The summed E-state index contributed by atoms with van der Waals surface area (Å²) in [6.07, 6.45) is 9.71. The molecule has 0 radical (unpaired) electrons. The summed E-state index contributed by atoms with van der Waals surface area (Å²) >= 11 is 1.65. The van der Waals surface area contributed by atoms with Crippen molar-refractivity contribution in [3.05, 3.63) is 40.5 Å². The Hall–Kier alpha value is -2.71. The minimum Gasteiger partial charge on any atom is -0.504 e. The molecule has 0 atom stereocenters. The zero-order chi connectivity index (χ0) is 20.9. The standard InChI is InChI=1S/C22H26N4O3S/c1-14-19(12-29-16-6-4-3-5-7-16)30-21-20(14)23-13-24-22(21)26-25-11-15-8-9-18(28-2)17(27)10-15/h8-11,13,16,27H,3-7,12H2,1-2H3,(H,23,24,26). The third-order valence-corrected chi connectivity index (χ3v) is 6.65. The predicted octanol–water partition coefficient (Wildman–Crippen LogP) is 5.01. The van der Waals surface area contributed by atoms with Gasteiger partial charge in [-0.3, -0.25) is 5.43 Å². The Balaban J connectivity index is 1.48. The van der Waals surface area contributed by atoms with E-state index in [1.807, 2.05) is 6.07 Å². The van der Waals surface area contributed by atoms with Crippen LogP contribution in [0.15, 0.2) is 29.6 Å². The highest BCUT2D eigenvalue weighted by atomic mass is 32.1. The number of nitrogens with zero attached hydrogens (tertiary/aromatic N) is 3. The summed E-state index contributed by atoms with van der Waals surface area (Å²) in [4.78, 5) is 9.99. The van der Waals surface area contributed by atoms with E-state index in [1.165, 1.54) is 31.2 Å². The zero-order valence-electron chi connectivity index (χ0n) is 17.2. The number of fused-ring (bicyclic) bond motifs is 1. The van der Waals surface area contributed by atoms with Gasteiger partial charge < -0.3 is 14.6 Å². The van der Waals surface area contributed by atoms with Gasteiger partial charge in [0.1, 0.15) is 6.33 Å². The molecule has 2 heterocycles. The molecular weight excluding hydrogens is 400 g/mol. The smallest absolute Gasteiger partial charge is 0.167 e. The van der Waals surface area contributed by atoms with Crippen molar-refractivity contribution in [1.82, 2.24) is 9.97 Å². The van der Waals surface area contributed by atoms with Gasteiger partial charge in [0.25, 0.3) is 0 Å². The number of hydrogen-bond donors (Lipinski definition) is 2. The fourth-order valence-corrected chi connectivity index (χ4v) is 4.79. The number of ether oxygens (including phenoxy) is 2. The van der Waals surface area contributed by atoms with Gasteiger partial charge in [-0.25, -0.2) is 9.97 Å². The molecule has 0 spiro atoms. The van der Waals surface area contributed by atoms with Gasteiger partial charge in [0.2, 0.25) is 0 Å². The largest absolute Gasteiger partial charge is 0.504 e. The third-order valence-electron chi connectivity index (χ3n) is 5.39. The van der Waals surface area contributed by atoms with Crippen LogP contribution < -0.4 is 10.2 Å². The van der Waals surface area contributed by atoms with Crippen LogP contribution in [-0.4, -0.2) is 34.5 Å². The predicted molar refractivity (Wildman–Crippen MR) is 120 cm³/mol. The van der Waals surface area contributed by atoms with E-state index in [9.17, 15) is 5.11 Å². The molecule has 0 bridgehead atoms. The highest BCUT2D eigenvalue weighted by molar-refractivity contribution is 7.19. The lowest BCUT2D eigenvalue weighted by molar-refractivity contribution is 0.0180. The number of rotatable bonds is 7. The number of phenolic OH excluding ortho intramolecular Hbond substituents is 1. The second-order valence-electron chi connectivity index (χ2n) is 7.42. The van der Waals surface area contributed by atoms with E-state index in [2.05, 4.69) is 27.4 Å². The number of aromatic hydroxyl groups is 1. The van der Waals surface area contributed by atoms with Crippen molar-refractivity contribution in [2.75, 3.05) is 12.5 Å². The molecule has 1 saturated carbocycles. The second kappa shape index (κ2) is 9.40. The lowest BCUT2D eigenvalue weighted by atomic mass is 9.98. The third kappa shape index (κ3) is 4.55. The highest BCUT2D eigenvalue weighted by Crippen LogP contribution is 2.34. The molecule has 2 N–H and O–H groups in total. The number of anilines is 1. The summed E-state index contributed by atoms with van der Waals surface area (Å²) in [5.41, 5.74) is 5.82. The SMILES string of the molecule is COc1ccc(C=NNc2ncnc3c(C)c(COC4CCCCC4)sc23)cc1O. The van der Waals surface area contributed by atoms with E-state index in [4.69, 9.17) is 9.47 Å². The first kappa shape index (κ1) is 20.6. The van der Waals surface area contributed by atoms with Crippen LogP contribution in [0.1, 0.15) is 48.1 Å². The first-order valence-corrected chi connectivity index (χ1v) is 11.0. The number of thiophene rings is 1. The van der Waals surface area contributed by atoms with Crippen molar-refractivity contribution in [3.63, 3.8) is 0 Å². The number of methoxy groups -OCH3 is 1. The van der Waals surface area contributed by atoms with Crippen molar-refractivity contribution in [3.8, 4) is 11.5 Å². The molecule has 4 rings (SSSR count). The van der Waals surface area contributed by atoms with Crippen LogP contribution in [0, 0.1) is 6.92 Å². The van der Waals surface area contributed by atoms with Gasteiger partial charge in [0.05, 0.1) is 36.3 Å². The second-order valence-corrected chi connectivity index (χ2v) is 8.53. The number of benzene rings is 1. The average Bonchev–Trinajstić information content (AvgIpc) is 3.10. The van der Waals surface area contributed by atoms with E-state index >= 15 is 0 Å². The van der Waals surface area contributed by atoms with Crippen LogP contribution in [0.5, 0.6) is 11.5 Å². The molecule has 1 aliphatic rings. The number of phenols is 1. The lowest BCUT2D eigenvalue weighted by Crippen LogP contribution is -2.16. The molecule has 0 saturated heterocycles. The van der Waals surface area contributed by atoms with Crippen LogP contribution in [0.2, 0.25) is 0 Å². The van der Waals surface area contributed by atoms with Gasteiger partial charge in [-0.1, -0.05) is 19.3 Å². The van der Waals surface area contributed by atoms with E-state index in [-0.39, 0.29) is 5.75 Å². The molecule has 7 nitrogen and oxygen atoms in total. The van der Waals surface area contributed by atoms with Crippen LogP contribution >= 0.6 is 11.3 Å². The Morgan fingerprint density at radius 1 is 1.27 bits per heavy atom. The summed E-state index contributed by atoms with van der Waals surface area (Å²) in [5, 5.41) is 14.2. The summed E-state index contributed by atoms with van der Waals surface area (Å²) in [6.45, 7) is 2.70. The van der Waals surface area contributed by atoms with Crippen LogP contribution in [-0.2, 0) is 11.3 Å². The van der Waals surface area contributed by atoms with Gasteiger partial charge >= 0.3 is 0 Å². The lowest BCUT2D eigenvalue weighted by Gasteiger charge is -2.21. The van der Waals surface area contributed by atoms with E-state index in [0.717, 1.165) is 34.2 Å². The average molecular weight is 427 g/mol. The molecule has 30 heavy (non-hydrogen) atoms. The van der Waals surface area contributed by atoms with Crippen molar-refractivity contribution in [1.29, 1.82) is 0 Å². The molecule has 0 unspecified atom stereocenters. The van der Waals surface area contributed by atoms with Crippen molar-refractivity contribution in [2.24, 2.45) is 5.10 Å². The molecule has 1 fully saturated rings. The van der Waals surface area contributed by atoms with E-state index in [1.54, 1.807) is 36.0 Å². The van der Waals surface area contributed by atoms with Crippen molar-refractivity contribution in [2.45, 2.75) is 51.7 Å². The minimum atomic E-state index is 0.0716. The van der Waals surface area contributed by atoms with Gasteiger partial charge in [0, 0.05) is 4.88 Å². The minimum absolute atomic E-state index is 0.0716. The normalized spacial score (nSPS) is 15.1. The Morgan fingerprint density at radius 2 is 2.10 bits per heavy atom. The molecule has 8 heteroatoms. The first-order valence-electron chi connectivity index (χ1n) is 10.2. The maximum absolute atomic E-state index is 9.89. The molecule has 2 aromatic heterocycles.